The van der Waals surface area contributed by atoms with Gasteiger partial charge in [-0.15, -0.1) is 0 Å². The minimum Gasteiger partial charge on any atom is -0.508 e. The number of benzene rings is 2. The molecule has 1 aromatic heterocycles. The molecule has 0 aliphatic rings. The van der Waals surface area contributed by atoms with Crippen molar-refractivity contribution >= 4 is 28.8 Å². The summed E-state index contributed by atoms with van der Waals surface area (Å²) in [5.41, 5.74) is 1.27. The van der Waals surface area contributed by atoms with E-state index >= 15 is 0 Å². The largest absolute Gasteiger partial charge is 0.508 e. The zero-order chi connectivity index (χ0) is 20.5. The van der Waals surface area contributed by atoms with Crippen molar-refractivity contribution in [3.8, 4) is 5.75 Å². The summed E-state index contributed by atoms with van der Waals surface area (Å²) in [6, 6.07) is 10.5. The molecule has 1 atom stereocenters. The smallest absolute Gasteiger partial charge is 0.327 e. The summed E-state index contributed by atoms with van der Waals surface area (Å²) in [6.45, 7) is 5.58. The first-order valence-electron chi connectivity index (χ1n) is 8.98. The van der Waals surface area contributed by atoms with Gasteiger partial charge < -0.3 is 14.8 Å². The molecule has 0 saturated heterocycles. The molecule has 0 saturated carbocycles. The Hall–Kier alpha value is -2.54. The van der Waals surface area contributed by atoms with Crippen LogP contribution >= 0.6 is 11.8 Å². The quantitative estimate of drug-likeness (QED) is 0.574. The van der Waals surface area contributed by atoms with Crippen molar-refractivity contribution in [3.05, 3.63) is 53.8 Å². The summed E-state index contributed by atoms with van der Waals surface area (Å²) in [5.74, 6) is -0.541. The van der Waals surface area contributed by atoms with E-state index in [9.17, 15) is 19.4 Å². The summed E-state index contributed by atoms with van der Waals surface area (Å²) in [7, 11) is 0. The average molecular weight is 402 g/mol. The SMILES string of the molecule is CC(C)(C)C(C(=O)O)n1c(SCCc2ccccc2O)nc2cc(F)ccc21. The highest BCUT2D eigenvalue weighted by Crippen LogP contribution is 2.37. The van der Waals surface area contributed by atoms with Crippen LogP contribution in [0.3, 0.4) is 0 Å². The predicted molar refractivity (Wildman–Crippen MR) is 108 cm³/mol. The van der Waals surface area contributed by atoms with Crippen LogP contribution < -0.4 is 0 Å². The number of carboxylic acids is 1. The Labute approximate surface area is 167 Å². The number of para-hydroxylation sites is 1. The summed E-state index contributed by atoms with van der Waals surface area (Å²) in [4.78, 5) is 16.6. The van der Waals surface area contributed by atoms with Crippen molar-refractivity contribution < 1.29 is 19.4 Å². The average Bonchev–Trinajstić information content (AvgIpc) is 2.92. The lowest BCUT2D eigenvalue weighted by Gasteiger charge is -2.29. The van der Waals surface area contributed by atoms with Crippen LogP contribution in [0.2, 0.25) is 0 Å². The lowest BCUT2D eigenvalue weighted by Crippen LogP contribution is -2.32. The molecule has 5 nitrogen and oxygen atoms in total. The second-order valence-corrected chi connectivity index (χ2v) is 8.79. The minimum absolute atomic E-state index is 0.233. The van der Waals surface area contributed by atoms with Crippen molar-refractivity contribution in [2.75, 3.05) is 5.75 Å². The Bertz CT molecular complexity index is 1010. The second kappa shape index (κ2) is 7.83. The van der Waals surface area contributed by atoms with Crippen LogP contribution in [0.25, 0.3) is 11.0 Å². The molecule has 2 N–H and O–H groups in total. The van der Waals surface area contributed by atoms with Gasteiger partial charge in [0, 0.05) is 11.8 Å². The Morgan fingerprint density at radius 1 is 1.25 bits per heavy atom. The van der Waals surface area contributed by atoms with E-state index in [1.54, 1.807) is 22.8 Å². The van der Waals surface area contributed by atoms with Crippen molar-refractivity contribution in [2.24, 2.45) is 5.41 Å². The molecule has 0 fully saturated rings. The zero-order valence-electron chi connectivity index (χ0n) is 16.0. The number of hydrogen-bond acceptors (Lipinski definition) is 4. The van der Waals surface area contributed by atoms with E-state index in [1.165, 1.54) is 23.9 Å². The van der Waals surface area contributed by atoms with Crippen molar-refractivity contribution in [3.63, 3.8) is 0 Å². The number of aromatic nitrogens is 2. The third-order valence-corrected chi connectivity index (χ3v) is 5.48. The summed E-state index contributed by atoms with van der Waals surface area (Å²) in [6.07, 6.45) is 0.599. The number of phenols is 1. The third-order valence-electron chi connectivity index (χ3n) is 4.53. The molecular formula is C21H23FN2O3S. The van der Waals surface area contributed by atoms with E-state index in [0.29, 0.717) is 28.4 Å². The number of aromatic hydroxyl groups is 1. The number of aliphatic carboxylic acids is 1. The zero-order valence-corrected chi connectivity index (χ0v) is 16.8. The molecule has 0 aliphatic heterocycles. The maximum absolute atomic E-state index is 13.7. The summed E-state index contributed by atoms with van der Waals surface area (Å²) < 4.78 is 15.4. The Morgan fingerprint density at radius 3 is 2.61 bits per heavy atom. The van der Waals surface area contributed by atoms with Crippen LogP contribution in [-0.4, -0.2) is 31.5 Å². The van der Waals surface area contributed by atoms with Crippen LogP contribution in [-0.2, 0) is 11.2 Å². The van der Waals surface area contributed by atoms with Crippen LogP contribution in [0.1, 0.15) is 32.4 Å². The lowest BCUT2D eigenvalue weighted by atomic mass is 9.86. The molecule has 3 aromatic rings. The number of nitrogens with zero attached hydrogens (tertiary/aromatic N) is 2. The maximum atomic E-state index is 13.7. The van der Waals surface area contributed by atoms with E-state index < -0.39 is 23.2 Å². The molecule has 0 aliphatic carbocycles. The van der Waals surface area contributed by atoms with Gasteiger partial charge in [-0.1, -0.05) is 50.7 Å². The number of aryl methyl sites for hydroxylation is 1. The number of carbonyl (C=O) groups is 1. The van der Waals surface area contributed by atoms with Crippen LogP contribution in [0.15, 0.2) is 47.6 Å². The molecule has 3 rings (SSSR count). The molecular weight excluding hydrogens is 379 g/mol. The number of thioether (sulfide) groups is 1. The van der Waals surface area contributed by atoms with E-state index in [-0.39, 0.29) is 5.75 Å². The van der Waals surface area contributed by atoms with Crippen LogP contribution in [0.4, 0.5) is 4.39 Å². The summed E-state index contributed by atoms with van der Waals surface area (Å²) in [5, 5.41) is 20.3. The van der Waals surface area contributed by atoms with Crippen molar-refractivity contribution in [2.45, 2.75) is 38.4 Å². The van der Waals surface area contributed by atoms with Crippen LogP contribution in [0, 0.1) is 11.2 Å². The molecule has 1 unspecified atom stereocenters. The monoisotopic (exact) mass is 402 g/mol. The van der Waals surface area contributed by atoms with Crippen LogP contribution in [0.5, 0.6) is 5.75 Å². The van der Waals surface area contributed by atoms with E-state index in [2.05, 4.69) is 4.98 Å². The van der Waals surface area contributed by atoms with Gasteiger partial charge in [-0.2, -0.15) is 0 Å². The van der Waals surface area contributed by atoms with Gasteiger partial charge in [-0.05, 0) is 35.6 Å². The lowest BCUT2D eigenvalue weighted by molar-refractivity contribution is -0.144. The van der Waals surface area contributed by atoms with Gasteiger partial charge >= 0.3 is 5.97 Å². The number of hydrogen-bond donors (Lipinski definition) is 2. The predicted octanol–water partition coefficient (Wildman–Crippen LogP) is 4.89. The normalized spacial score (nSPS) is 13.0. The standard InChI is InChI=1S/C21H23FN2O3S/c1-21(2,3)18(19(26)27)24-16-9-8-14(22)12-15(16)23-20(24)28-11-10-13-6-4-5-7-17(13)25/h4-9,12,18,25H,10-11H2,1-3H3,(H,26,27). The fraction of sp³-hybridized carbons (Fsp3) is 0.333. The topological polar surface area (TPSA) is 75.3 Å². The maximum Gasteiger partial charge on any atom is 0.327 e. The first kappa shape index (κ1) is 20.2. The number of carboxylic acid groups (broad SMARTS) is 1. The molecule has 0 amide bonds. The highest BCUT2D eigenvalue weighted by Gasteiger charge is 2.35. The van der Waals surface area contributed by atoms with E-state index in [1.807, 2.05) is 32.9 Å². The molecule has 0 radical (unpaired) electrons. The first-order chi connectivity index (χ1) is 13.2. The Balaban J connectivity index is 1.99. The molecule has 0 spiro atoms. The third kappa shape index (κ3) is 4.14. The number of imidazole rings is 1. The van der Waals surface area contributed by atoms with Gasteiger partial charge in [0.25, 0.3) is 0 Å². The Morgan fingerprint density at radius 2 is 1.96 bits per heavy atom. The van der Waals surface area contributed by atoms with Crippen molar-refractivity contribution in [1.82, 2.24) is 9.55 Å². The number of halogens is 1. The summed E-state index contributed by atoms with van der Waals surface area (Å²) >= 11 is 1.40. The van der Waals surface area contributed by atoms with Crippen molar-refractivity contribution in [1.29, 1.82) is 0 Å². The second-order valence-electron chi connectivity index (χ2n) is 7.73. The molecule has 1 heterocycles. The van der Waals surface area contributed by atoms with Gasteiger partial charge in [0.15, 0.2) is 5.16 Å². The van der Waals surface area contributed by atoms with Gasteiger partial charge in [-0.25, -0.2) is 14.2 Å². The fourth-order valence-electron chi connectivity index (χ4n) is 3.24. The van der Waals surface area contributed by atoms with E-state index in [4.69, 9.17) is 0 Å². The van der Waals surface area contributed by atoms with Gasteiger partial charge in [-0.3, -0.25) is 0 Å². The minimum atomic E-state index is -0.960. The van der Waals surface area contributed by atoms with Gasteiger partial charge in [0.05, 0.1) is 11.0 Å². The molecule has 7 heteroatoms. The Kier molecular flexibility index (Phi) is 5.65. The molecule has 0 bridgehead atoms. The molecule has 148 valence electrons. The van der Waals surface area contributed by atoms with Gasteiger partial charge in [0.2, 0.25) is 0 Å². The fourth-order valence-corrected chi connectivity index (χ4v) is 4.25. The highest BCUT2D eigenvalue weighted by atomic mass is 32.2. The number of rotatable bonds is 6. The molecule has 28 heavy (non-hydrogen) atoms. The molecule has 2 aromatic carbocycles. The highest BCUT2D eigenvalue weighted by molar-refractivity contribution is 7.99. The van der Waals surface area contributed by atoms with E-state index in [0.717, 1.165) is 5.56 Å². The number of fused-ring (bicyclic) bond motifs is 1. The first-order valence-corrected chi connectivity index (χ1v) is 9.97. The van der Waals surface area contributed by atoms with Gasteiger partial charge in [0.1, 0.15) is 17.6 Å². The number of phenolic OH excluding ortho intramolecular Hbond substituents is 1.